The standard InChI is InChI=1S/C15H21N5O4S/c1-2-3-4-8-16-15(25)19-18-13(21)10-17-14(22)11-6-5-7-12(9-11)20(23)24/h5-7,9H,2-4,8,10H2,1H3,(H,17,22)(H,18,21)(H2,16,19,25). The molecule has 4 N–H and O–H groups in total. The number of non-ortho nitro benzene ring substituents is 1. The molecule has 2 amide bonds. The third kappa shape index (κ3) is 8.06. The summed E-state index contributed by atoms with van der Waals surface area (Å²) in [5, 5.41) is 16.3. The van der Waals surface area contributed by atoms with Crippen LogP contribution in [0.3, 0.4) is 0 Å². The average Bonchev–Trinajstić information content (AvgIpc) is 2.61. The van der Waals surface area contributed by atoms with Crippen LogP contribution in [0.2, 0.25) is 0 Å². The van der Waals surface area contributed by atoms with Gasteiger partial charge in [-0.3, -0.25) is 30.6 Å². The van der Waals surface area contributed by atoms with Crippen molar-refractivity contribution >= 4 is 34.8 Å². The van der Waals surface area contributed by atoms with Gasteiger partial charge in [0.2, 0.25) is 0 Å². The fraction of sp³-hybridized carbons (Fsp3) is 0.400. The largest absolute Gasteiger partial charge is 0.361 e. The molecule has 0 aromatic heterocycles. The quantitative estimate of drug-likeness (QED) is 0.234. The van der Waals surface area contributed by atoms with Crippen LogP contribution in [0.25, 0.3) is 0 Å². The van der Waals surface area contributed by atoms with E-state index in [-0.39, 0.29) is 22.9 Å². The molecule has 0 radical (unpaired) electrons. The second-order valence-electron chi connectivity index (χ2n) is 5.13. The van der Waals surface area contributed by atoms with Gasteiger partial charge in [-0.05, 0) is 24.7 Å². The van der Waals surface area contributed by atoms with Gasteiger partial charge in [-0.25, -0.2) is 0 Å². The Balaban J connectivity index is 2.31. The number of nitro benzene ring substituents is 1. The molecule has 0 saturated heterocycles. The molecule has 9 nitrogen and oxygen atoms in total. The average molecular weight is 367 g/mol. The molecule has 0 saturated carbocycles. The summed E-state index contributed by atoms with van der Waals surface area (Å²) < 4.78 is 0. The second-order valence-corrected chi connectivity index (χ2v) is 5.53. The Morgan fingerprint density at radius 3 is 2.64 bits per heavy atom. The molecule has 0 heterocycles. The molecule has 0 bridgehead atoms. The Hall–Kier alpha value is -2.75. The van der Waals surface area contributed by atoms with Gasteiger partial charge in [0.1, 0.15) is 0 Å². The van der Waals surface area contributed by atoms with Crippen molar-refractivity contribution < 1.29 is 14.5 Å². The van der Waals surface area contributed by atoms with E-state index in [0.29, 0.717) is 6.54 Å². The number of carbonyl (C=O) groups is 2. The predicted octanol–water partition coefficient (Wildman–Crippen LogP) is 1.01. The molecule has 10 heteroatoms. The topological polar surface area (TPSA) is 125 Å². The number of benzene rings is 1. The van der Waals surface area contributed by atoms with Crippen LogP contribution in [-0.2, 0) is 4.79 Å². The van der Waals surface area contributed by atoms with Crippen molar-refractivity contribution in [3.63, 3.8) is 0 Å². The SMILES string of the molecule is CCCCCNC(=S)NNC(=O)CNC(=O)c1cccc([N+](=O)[O-])c1. The molecule has 0 fully saturated rings. The molecule has 1 aromatic carbocycles. The lowest BCUT2D eigenvalue weighted by Crippen LogP contribution is -2.49. The molecule has 0 spiro atoms. The molecule has 0 aliphatic rings. The number of hydrazine groups is 1. The van der Waals surface area contributed by atoms with Gasteiger partial charge in [0.15, 0.2) is 5.11 Å². The maximum absolute atomic E-state index is 11.9. The van der Waals surface area contributed by atoms with Crippen molar-refractivity contribution in [3.05, 3.63) is 39.9 Å². The maximum Gasteiger partial charge on any atom is 0.270 e. The Morgan fingerprint density at radius 2 is 1.96 bits per heavy atom. The number of unbranched alkanes of at least 4 members (excludes halogenated alkanes) is 2. The first-order valence-electron chi connectivity index (χ1n) is 7.79. The van der Waals surface area contributed by atoms with Crippen LogP contribution in [0.5, 0.6) is 0 Å². The molecular weight excluding hydrogens is 346 g/mol. The van der Waals surface area contributed by atoms with E-state index in [2.05, 4.69) is 28.4 Å². The first kappa shape index (κ1) is 20.3. The van der Waals surface area contributed by atoms with Crippen molar-refractivity contribution in [1.82, 2.24) is 21.5 Å². The minimum absolute atomic E-state index is 0.100. The molecule has 0 aliphatic carbocycles. The molecule has 25 heavy (non-hydrogen) atoms. The highest BCUT2D eigenvalue weighted by Gasteiger charge is 2.12. The van der Waals surface area contributed by atoms with Gasteiger partial charge in [0.05, 0.1) is 11.5 Å². The van der Waals surface area contributed by atoms with E-state index in [4.69, 9.17) is 12.2 Å². The number of nitro groups is 1. The van der Waals surface area contributed by atoms with Crippen molar-refractivity contribution in [2.24, 2.45) is 0 Å². The normalized spacial score (nSPS) is 9.80. The van der Waals surface area contributed by atoms with Gasteiger partial charge >= 0.3 is 0 Å². The zero-order valence-corrected chi connectivity index (χ0v) is 14.6. The highest BCUT2D eigenvalue weighted by atomic mass is 32.1. The highest BCUT2D eigenvalue weighted by molar-refractivity contribution is 7.80. The summed E-state index contributed by atoms with van der Waals surface area (Å²) in [6.45, 7) is 2.50. The fourth-order valence-electron chi connectivity index (χ4n) is 1.82. The fourth-order valence-corrected chi connectivity index (χ4v) is 1.97. The lowest BCUT2D eigenvalue weighted by Gasteiger charge is -2.11. The number of amides is 2. The zero-order valence-electron chi connectivity index (χ0n) is 13.8. The van der Waals surface area contributed by atoms with Gasteiger partial charge in [-0.15, -0.1) is 0 Å². The third-order valence-corrected chi connectivity index (χ3v) is 3.36. The predicted molar refractivity (Wildman–Crippen MR) is 96.8 cm³/mol. The van der Waals surface area contributed by atoms with Crippen molar-refractivity contribution in [2.75, 3.05) is 13.1 Å². The Kier molecular flexibility index (Phi) is 8.86. The number of hydrogen-bond donors (Lipinski definition) is 4. The monoisotopic (exact) mass is 367 g/mol. The van der Waals surface area contributed by atoms with Gasteiger partial charge in [-0.1, -0.05) is 25.8 Å². The molecule has 1 aromatic rings. The minimum atomic E-state index is -0.595. The van der Waals surface area contributed by atoms with E-state index in [9.17, 15) is 19.7 Å². The number of hydrogen-bond acceptors (Lipinski definition) is 5. The number of thiocarbonyl (C=S) groups is 1. The lowest BCUT2D eigenvalue weighted by atomic mass is 10.2. The van der Waals surface area contributed by atoms with E-state index in [1.165, 1.54) is 18.2 Å². The first-order chi connectivity index (χ1) is 11.9. The minimum Gasteiger partial charge on any atom is -0.361 e. The van der Waals surface area contributed by atoms with E-state index in [1.54, 1.807) is 0 Å². The van der Waals surface area contributed by atoms with Crippen molar-refractivity contribution in [3.8, 4) is 0 Å². The molecular formula is C15H21N5O4S. The van der Waals surface area contributed by atoms with Gasteiger partial charge in [0, 0.05) is 24.2 Å². The van der Waals surface area contributed by atoms with Gasteiger partial charge in [0.25, 0.3) is 17.5 Å². The third-order valence-electron chi connectivity index (χ3n) is 3.11. The number of carbonyl (C=O) groups excluding carboxylic acids is 2. The molecule has 1 rings (SSSR count). The highest BCUT2D eigenvalue weighted by Crippen LogP contribution is 2.12. The van der Waals surface area contributed by atoms with Crippen LogP contribution < -0.4 is 21.5 Å². The van der Waals surface area contributed by atoms with E-state index < -0.39 is 16.7 Å². The Bertz CT molecular complexity index is 638. The Labute approximate surface area is 150 Å². The van der Waals surface area contributed by atoms with Crippen molar-refractivity contribution in [2.45, 2.75) is 26.2 Å². The summed E-state index contributed by atoms with van der Waals surface area (Å²) in [4.78, 5) is 33.6. The van der Waals surface area contributed by atoms with E-state index in [1.807, 2.05) is 0 Å². The maximum atomic E-state index is 11.9. The summed E-state index contributed by atoms with van der Waals surface area (Å²) in [6.07, 6.45) is 3.17. The number of rotatable bonds is 8. The Morgan fingerprint density at radius 1 is 1.20 bits per heavy atom. The van der Waals surface area contributed by atoms with E-state index >= 15 is 0 Å². The van der Waals surface area contributed by atoms with E-state index in [0.717, 1.165) is 25.3 Å². The van der Waals surface area contributed by atoms with Gasteiger partial charge in [-0.2, -0.15) is 0 Å². The lowest BCUT2D eigenvalue weighted by molar-refractivity contribution is -0.384. The van der Waals surface area contributed by atoms with Gasteiger partial charge < -0.3 is 10.6 Å². The van der Waals surface area contributed by atoms with Crippen LogP contribution in [0.15, 0.2) is 24.3 Å². The molecule has 0 unspecified atom stereocenters. The van der Waals surface area contributed by atoms with Crippen LogP contribution in [0.4, 0.5) is 5.69 Å². The van der Waals surface area contributed by atoms with Crippen molar-refractivity contribution in [1.29, 1.82) is 0 Å². The summed E-state index contributed by atoms with van der Waals surface area (Å²) >= 11 is 4.98. The van der Waals surface area contributed by atoms with Crippen LogP contribution in [-0.4, -0.2) is 34.9 Å². The summed E-state index contributed by atoms with van der Waals surface area (Å²) in [5.74, 6) is -1.09. The summed E-state index contributed by atoms with van der Waals surface area (Å²) in [5.41, 5.74) is 4.78. The molecule has 136 valence electrons. The number of nitrogens with one attached hydrogen (secondary N) is 4. The second kappa shape index (κ2) is 10.9. The summed E-state index contributed by atoms with van der Waals surface area (Å²) in [7, 11) is 0. The summed E-state index contributed by atoms with van der Waals surface area (Å²) in [6, 6.07) is 5.24. The number of nitrogens with zero attached hydrogens (tertiary/aromatic N) is 1. The van der Waals surface area contributed by atoms with Crippen LogP contribution in [0.1, 0.15) is 36.5 Å². The molecule has 0 atom stereocenters. The zero-order chi connectivity index (χ0) is 18.7. The van der Waals surface area contributed by atoms with Crippen LogP contribution >= 0.6 is 12.2 Å². The van der Waals surface area contributed by atoms with Crippen LogP contribution in [0, 0.1) is 10.1 Å². The first-order valence-corrected chi connectivity index (χ1v) is 8.20. The smallest absolute Gasteiger partial charge is 0.270 e. The molecule has 0 aliphatic heterocycles.